The van der Waals surface area contributed by atoms with Gasteiger partial charge in [0.2, 0.25) is 0 Å². The quantitative estimate of drug-likeness (QED) is 0.699. The number of aryl methyl sites for hydroxylation is 1. The molecule has 0 fully saturated rings. The fourth-order valence-electron chi connectivity index (χ4n) is 2.68. The molecule has 6 nitrogen and oxygen atoms in total. The van der Waals surface area contributed by atoms with Gasteiger partial charge in [0.25, 0.3) is 12.0 Å². The molecule has 0 aliphatic carbocycles. The first kappa shape index (κ1) is 18.2. The van der Waals surface area contributed by atoms with Crippen LogP contribution in [0.3, 0.4) is 0 Å². The third-order valence-corrected chi connectivity index (χ3v) is 5.08. The Labute approximate surface area is 155 Å². The summed E-state index contributed by atoms with van der Waals surface area (Å²) < 4.78 is 29.5. The van der Waals surface area contributed by atoms with Crippen molar-refractivity contribution in [2.24, 2.45) is 14.1 Å². The highest BCUT2D eigenvalue weighted by atomic mass is 79.9. The molecule has 3 aromatic rings. The molecule has 0 aliphatic rings. The lowest BCUT2D eigenvalue weighted by molar-refractivity contribution is 0.146. The predicted molar refractivity (Wildman–Crippen MR) is 99.3 cm³/mol. The van der Waals surface area contributed by atoms with Gasteiger partial charge in [-0.25, -0.2) is 18.6 Å². The molecule has 0 bridgehead atoms. The number of aromatic nitrogens is 3. The van der Waals surface area contributed by atoms with E-state index in [2.05, 4.69) is 26.2 Å². The Bertz CT molecular complexity index is 1140. The highest BCUT2D eigenvalue weighted by Gasteiger charge is 2.19. The summed E-state index contributed by atoms with van der Waals surface area (Å²) in [7, 11) is 2.76. The van der Waals surface area contributed by atoms with Crippen LogP contribution in [0.1, 0.15) is 17.7 Å². The van der Waals surface area contributed by atoms with E-state index in [-0.39, 0.29) is 16.7 Å². The van der Waals surface area contributed by atoms with E-state index in [0.717, 1.165) is 25.2 Å². The van der Waals surface area contributed by atoms with Crippen molar-refractivity contribution < 1.29 is 8.78 Å². The maximum atomic E-state index is 13.3. The van der Waals surface area contributed by atoms with Gasteiger partial charge in [0.05, 0.1) is 5.52 Å². The molecular formula is C17H15BrF2N4O2. The minimum absolute atomic E-state index is 0.0183. The maximum Gasteiger partial charge on any atom is 0.330 e. The Balaban J connectivity index is 2.38. The number of anilines is 2. The Morgan fingerprint density at radius 3 is 2.54 bits per heavy atom. The normalized spacial score (nSPS) is 11.3. The zero-order chi connectivity index (χ0) is 19.2. The molecule has 2 aromatic heterocycles. The van der Waals surface area contributed by atoms with Crippen LogP contribution >= 0.6 is 15.9 Å². The van der Waals surface area contributed by atoms with Crippen molar-refractivity contribution in [1.29, 1.82) is 0 Å². The molecule has 1 aromatic carbocycles. The van der Waals surface area contributed by atoms with Crippen LogP contribution in [-0.2, 0) is 14.1 Å². The molecule has 0 saturated heterocycles. The van der Waals surface area contributed by atoms with E-state index in [4.69, 9.17) is 0 Å². The SMILES string of the molecule is Cc1c(Br)cccc1Nc1nc(C(F)F)cc2c1c(=O)n(C)c(=O)n2C. The van der Waals surface area contributed by atoms with Crippen molar-refractivity contribution in [3.63, 3.8) is 0 Å². The van der Waals surface area contributed by atoms with Crippen LogP contribution in [0.4, 0.5) is 20.3 Å². The minimum atomic E-state index is -2.84. The summed E-state index contributed by atoms with van der Waals surface area (Å²) in [5.74, 6) is -0.0183. The zero-order valence-corrected chi connectivity index (χ0v) is 15.8. The van der Waals surface area contributed by atoms with Crippen molar-refractivity contribution in [3.8, 4) is 0 Å². The van der Waals surface area contributed by atoms with Crippen molar-refractivity contribution in [3.05, 3.63) is 60.8 Å². The number of alkyl halides is 2. The monoisotopic (exact) mass is 424 g/mol. The molecule has 0 aliphatic heterocycles. The van der Waals surface area contributed by atoms with Gasteiger partial charge in [-0.1, -0.05) is 22.0 Å². The second kappa shape index (κ2) is 6.64. The average Bonchev–Trinajstić information content (AvgIpc) is 2.61. The summed E-state index contributed by atoms with van der Waals surface area (Å²) in [6, 6.07) is 6.42. The number of fused-ring (bicyclic) bond motifs is 1. The number of hydrogen-bond acceptors (Lipinski definition) is 4. The third-order valence-electron chi connectivity index (χ3n) is 4.22. The summed E-state index contributed by atoms with van der Waals surface area (Å²) in [5, 5.41) is 3.03. The summed E-state index contributed by atoms with van der Waals surface area (Å²) >= 11 is 3.40. The Morgan fingerprint density at radius 1 is 1.19 bits per heavy atom. The summed E-state index contributed by atoms with van der Waals surface area (Å²) in [6.07, 6.45) is -2.84. The van der Waals surface area contributed by atoms with Crippen LogP contribution < -0.4 is 16.6 Å². The van der Waals surface area contributed by atoms with Gasteiger partial charge in [0.15, 0.2) is 0 Å². The predicted octanol–water partition coefficient (Wildman–Crippen LogP) is 3.38. The lowest BCUT2D eigenvalue weighted by Crippen LogP contribution is -2.37. The molecule has 0 unspecified atom stereocenters. The van der Waals surface area contributed by atoms with Gasteiger partial charge in [-0.05, 0) is 30.7 Å². The summed E-state index contributed by atoms with van der Waals surface area (Å²) in [4.78, 5) is 28.7. The Hall–Kier alpha value is -2.55. The molecule has 0 amide bonds. The lowest BCUT2D eigenvalue weighted by atomic mass is 10.2. The van der Waals surface area contributed by atoms with Gasteiger partial charge in [-0.15, -0.1) is 0 Å². The van der Waals surface area contributed by atoms with E-state index in [9.17, 15) is 18.4 Å². The van der Waals surface area contributed by atoms with Crippen LogP contribution in [0, 0.1) is 6.92 Å². The first-order chi connectivity index (χ1) is 12.2. The number of rotatable bonds is 3. The van der Waals surface area contributed by atoms with Gasteiger partial charge in [0, 0.05) is 24.3 Å². The van der Waals surface area contributed by atoms with Crippen molar-refractivity contribution >= 4 is 38.3 Å². The van der Waals surface area contributed by atoms with E-state index < -0.39 is 23.4 Å². The van der Waals surface area contributed by atoms with Crippen LogP contribution in [0.5, 0.6) is 0 Å². The van der Waals surface area contributed by atoms with E-state index in [1.165, 1.54) is 14.1 Å². The topological polar surface area (TPSA) is 68.9 Å². The van der Waals surface area contributed by atoms with Crippen molar-refractivity contribution in [2.45, 2.75) is 13.3 Å². The van der Waals surface area contributed by atoms with Gasteiger partial charge in [-0.3, -0.25) is 13.9 Å². The molecule has 2 heterocycles. The van der Waals surface area contributed by atoms with Crippen molar-refractivity contribution in [1.82, 2.24) is 14.1 Å². The Morgan fingerprint density at radius 2 is 1.88 bits per heavy atom. The van der Waals surface area contributed by atoms with Crippen LogP contribution in [0.15, 0.2) is 38.3 Å². The van der Waals surface area contributed by atoms with Gasteiger partial charge < -0.3 is 5.32 Å². The average molecular weight is 425 g/mol. The fraction of sp³-hybridized carbons (Fsp3) is 0.235. The summed E-state index contributed by atoms with van der Waals surface area (Å²) in [6.45, 7) is 1.83. The number of nitrogens with one attached hydrogen (secondary N) is 1. The molecule has 0 saturated carbocycles. The molecule has 9 heteroatoms. The zero-order valence-electron chi connectivity index (χ0n) is 14.2. The molecule has 1 N–H and O–H groups in total. The van der Waals surface area contributed by atoms with Crippen LogP contribution in [0.25, 0.3) is 10.9 Å². The smallest absolute Gasteiger partial charge is 0.330 e. The molecule has 0 radical (unpaired) electrons. The minimum Gasteiger partial charge on any atom is -0.339 e. The first-order valence-electron chi connectivity index (χ1n) is 7.63. The van der Waals surface area contributed by atoms with E-state index >= 15 is 0 Å². The lowest BCUT2D eigenvalue weighted by Gasteiger charge is -2.15. The van der Waals surface area contributed by atoms with Gasteiger partial charge >= 0.3 is 5.69 Å². The number of hydrogen-bond donors (Lipinski definition) is 1. The third kappa shape index (κ3) is 2.92. The standard InChI is InChI=1S/C17H15BrF2N4O2/c1-8-9(18)5-4-6-10(8)21-15-13-12(7-11(22-15)14(19)20)23(2)17(26)24(3)16(13)25/h4-7,14H,1-3H3,(H,21,22). The number of benzene rings is 1. The van der Waals surface area contributed by atoms with Crippen LogP contribution in [0.2, 0.25) is 0 Å². The maximum absolute atomic E-state index is 13.3. The van der Waals surface area contributed by atoms with Crippen LogP contribution in [-0.4, -0.2) is 14.1 Å². The first-order valence-corrected chi connectivity index (χ1v) is 8.42. The summed E-state index contributed by atoms with van der Waals surface area (Å²) in [5.41, 5.74) is -0.193. The van der Waals surface area contributed by atoms with Gasteiger partial charge in [-0.2, -0.15) is 0 Å². The fourth-order valence-corrected chi connectivity index (χ4v) is 3.05. The molecule has 0 spiro atoms. The second-order valence-electron chi connectivity index (χ2n) is 5.83. The molecular weight excluding hydrogens is 410 g/mol. The molecule has 3 rings (SSSR count). The second-order valence-corrected chi connectivity index (χ2v) is 6.69. The highest BCUT2D eigenvalue weighted by molar-refractivity contribution is 9.10. The Kier molecular flexibility index (Phi) is 4.66. The van der Waals surface area contributed by atoms with Crippen molar-refractivity contribution in [2.75, 3.05) is 5.32 Å². The van der Waals surface area contributed by atoms with E-state index in [0.29, 0.717) is 5.69 Å². The largest absolute Gasteiger partial charge is 0.339 e. The van der Waals surface area contributed by atoms with E-state index in [1.807, 2.05) is 13.0 Å². The highest BCUT2D eigenvalue weighted by Crippen LogP contribution is 2.30. The molecule has 136 valence electrons. The number of halogens is 3. The number of nitrogens with zero attached hydrogens (tertiary/aromatic N) is 3. The molecule has 26 heavy (non-hydrogen) atoms. The number of pyridine rings is 1. The van der Waals surface area contributed by atoms with Gasteiger partial charge in [0.1, 0.15) is 16.9 Å². The molecule has 0 atom stereocenters. The van der Waals surface area contributed by atoms with E-state index in [1.54, 1.807) is 12.1 Å².